The van der Waals surface area contributed by atoms with Crippen LogP contribution in [0.2, 0.25) is 0 Å². The highest BCUT2D eigenvalue weighted by atomic mass is 16.4. The van der Waals surface area contributed by atoms with E-state index in [-0.39, 0.29) is 35.4 Å². The van der Waals surface area contributed by atoms with E-state index in [4.69, 9.17) is 9.97 Å². The SMILES string of the molecule is C=Cc1c(C)c2cc3nc(c(CC(=O)NC(CC(=O)O)C(=O)O)c4nc(cc5[nH]c(cc1[nH]2)c(C)c5CC)C(C)=C4C(=O)O)[C@@H](CCC(=O)O)[C@@H]3C. The van der Waals surface area contributed by atoms with Gasteiger partial charge in [0.15, 0.2) is 0 Å². The number of H-pyrrole nitrogens is 2. The van der Waals surface area contributed by atoms with Crippen LogP contribution in [-0.4, -0.2) is 76.2 Å². The summed E-state index contributed by atoms with van der Waals surface area (Å²) in [5.41, 5.74) is 7.95. The highest BCUT2D eigenvalue weighted by Crippen LogP contribution is 2.43. The third-order valence-electron chi connectivity index (χ3n) is 9.96. The van der Waals surface area contributed by atoms with E-state index in [0.717, 1.165) is 38.8 Å². The number of nitrogens with zero attached hydrogens (tertiary/aromatic N) is 2. The normalized spacial score (nSPS) is 16.0. The number of allylic oxidation sites excluding steroid dienone is 1. The van der Waals surface area contributed by atoms with Crippen molar-refractivity contribution < 1.29 is 44.4 Å². The second kappa shape index (κ2) is 14.7. The average molecular weight is 712 g/mol. The fourth-order valence-electron chi connectivity index (χ4n) is 7.16. The summed E-state index contributed by atoms with van der Waals surface area (Å²) in [6.07, 6.45) is 0.722. The van der Waals surface area contributed by atoms with Gasteiger partial charge in [0.05, 0.1) is 35.5 Å². The number of carbonyl (C=O) groups excluding carboxylic acids is 1. The molecule has 0 radical (unpaired) electrons. The lowest BCUT2D eigenvalue weighted by Crippen LogP contribution is -2.43. The predicted molar refractivity (Wildman–Crippen MR) is 194 cm³/mol. The second-order valence-electron chi connectivity index (χ2n) is 13.1. The zero-order valence-corrected chi connectivity index (χ0v) is 29.5. The smallest absolute Gasteiger partial charge is 0.338 e. The number of aryl methyl sites for hydroxylation is 3. The van der Waals surface area contributed by atoms with Gasteiger partial charge in [0.25, 0.3) is 0 Å². The zero-order chi connectivity index (χ0) is 38.2. The molecule has 2 aliphatic rings. The van der Waals surface area contributed by atoms with Crippen LogP contribution < -0.4 is 5.32 Å². The van der Waals surface area contributed by atoms with Gasteiger partial charge < -0.3 is 35.7 Å². The van der Waals surface area contributed by atoms with E-state index in [1.807, 2.05) is 39.8 Å². The number of aromatic nitrogens is 4. The Morgan fingerprint density at radius 3 is 2.17 bits per heavy atom. The number of carboxylic acid groups (broad SMARTS) is 4. The van der Waals surface area contributed by atoms with Gasteiger partial charge in [0.2, 0.25) is 5.91 Å². The van der Waals surface area contributed by atoms with Crippen LogP contribution >= 0.6 is 0 Å². The molecule has 8 bridgehead atoms. The molecule has 1 amide bonds. The van der Waals surface area contributed by atoms with Gasteiger partial charge in [-0.3, -0.25) is 19.4 Å². The second-order valence-corrected chi connectivity index (χ2v) is 13.1. The van der Waals surface area contributed by atoms with Crippen LogP contribution in [0, 0.1) is 13.8 Å². The van der Waals surface area contributed by atoms with Gasteiger partial charge in [-0.2, -0.15) is 0 Å². The number of aliphatic carboxylic acids is 4. The number of amides is 1. The Morgan fingerprint density at radius 1 is 0.904 bits per heavy atom. The lowest BCUT2D eigenvalue weighted by molar-refractivity contribution is -0.147. The van der Waals surface area contributed by atoms with Crippen molar-refractivity contribution in [3.63, 3.8) is 0 Å². The third kappa shape index (κ3) is 7.09. The summed E-state index contributed by atoms with van der Waals surface area (Å²) < 4.78 is 0. The largest absolute Gasteiger partial charge is 0.481 e. The van der Waals surface area contributed by atoms with E-state index in [1.54, 1.807) is 19.1 Å². The van der Waals surface area contributed by atoms with Crippen LogP contribution in [0.25, 0.3) is 39.3 Å². The van der Waals surface area contributed by atoms with Gasteiger partial charge >= 0.3 is 23.9 Å². The minimum Gasteiger partial charge on any atom is -0.481 e. The summed E-state index contributed by atoms with van der Waals surface area (Å²) in [5.74, 6) is -7.32. The molecule has 3 atom stereocenters. The minimum absolute atomic E-state index is 0.0675. The molecule has 2 aliphatic heterocycles. The number of fused-ring (bicyclic) bond motifs is 8. The molecule has 5 rings (SSSR count). The first kappa shape index (κ1) is 37.2. The van der Waals surface area contributed by atoms with E-state index >= 15 is 0 Å². The van der Waals surface area contributed by atoms with E-state index < -0.39 is 60.5 Å². The van der Waals surface area contributed by atoms with Gasteiger partial charge in [-0.1, -0.05) is 26.5 Å². The molecule has 0 fully saturated rings. The Kier molecular flexibility index (Phi) is 10.5. The molecular weight excluding hydrogens is 670 g/mol. The molecule has 0 saturated heterocycles. The molecule has 0 aromatic carbocycles. The Bertz CT molecular complexity index is 2240. The fourth-order valence-corrected chi connectivity index (χ4v) is 7.16. The summed E-state index contributed by atoms with van der Waals surface area (Å²) in [5, 5.41) is 41.4. The quantitative estimate of drug-likeness (QED) is 0.124. The van der Waals surface area contributed by atoms with Crippen LogP contribution in [0.4, 0.5) is 0 Å². The Hall–Kier alpha value is -6.05. The van der Waals surface area contributed by atoms with E-state index in [0.29, 0.717) is 28.9 Å². The third-order valence-corrected chi connectivity index (χ3v) is 9.96. The maximum atomic E-state index is 13.6. The highest BCUT2D eigenvalue weighted by molar-refractivity contribution is 6.24. The Balaban J connectivity index is 1.96. The summed E-state index contributed by atoms with van der Waals surface area (Å²) >= 11 is 0. The van der Waals surface area contributed by atoms with Gasteiger partial charge in [0.1, 0.15) is 6.04 Å². The molecule has 14 nitrogen and oxygen atoms in total. The summed E-state index contributed by atoms with van der Waals surface area (Å²) in [4.78, 5) is 78.4. The Labute approximate surface area is 298 Å². The van der Waals surface area contributed by atoms with E-state index in [9.17, 15) is 44.4 Å². The molecule has 3 aromatic rings. The van der Waals surface area contributed by atoms with Crippen molar-refractivity contribution in [1.29, 1.82) is 0 Å². The van der Waals surface area contributed by atoms with Crippen molar-refractivity contribution in [3.05, 3.63) is 75.4 Å². The van der Waals surface area contributed by atoms with Crippen LogP contribution in [0.1, 0.15) is 102 Å². The molecule has 5 heterocycles. The van der Waals surface area contributed by atoms with Crippen molar-refractivity contribution in [2.75, 3.05) is 0 Å². The molecule has 3 aromatic heterocycles. The lowest BCUT2D eigenvalue weighted by Gasteiger charge is -2.19. The summed E-state index contributed by atoms with van der Waals surface area (Å²) in [6.45, 7) is 13.4. The summed E-state index contributed by atoms with van der Waals surface area (Å²) in [6, 6.07) is 3.81. The van der Waals surface area contributed by atoms with E-state index in [1.165, 1.54) is 0 Å². The highest BCUT2D eigenvalue weighted by Gasteiger charge is 2.36. The van der Waals surface area contributed by atoms with Crippen molar-refractivity contribution >= 4 is 69.1 Å². The van der Waals surface area contributed by atoms with Gasteiger partial charge in [-0.05, 0) is 74.1 Å². The van der Waals surface area contributed by atoms with Gasteiger partial charge in [-0.15, -0.1) is 0 Å². The lowest BCUT2D eigenvalue weighted by atomic mass is 9.84. The number of hydrogen-bond donors (Lipinski definition) is 7. The van der Waals surface area contributed by atoms with Crippen molar-refractivity contribution in [2.24, 2.45) is 0 Å². The number of aromatic amines is 2. The number of hydrogen-bond acceptors (Lipinski definition) is 7. The van der Waals surface area contributed by atoms with Gasteiger partial charge in [-0.25, -0.2) is 14.6 Å². The van der Waals surface area contributed by atoms with Crippen LogP contribution in [0.5, 0.6) is 0 Å². The average Bonchev–Trinajstić information content (AvgIpc) is 3.74. The van der Waals surface area contributed by atoms with Gasteiger partial charge in [0, 0.05) is 57.1 Å². The molecule has 7 N–H and O–H groups in total. The first-order valence-electron chi connectivity index (χ1n) is 16.8. The molecular formula is C38H41N5O9. The van der Waals surface area contributed by atoms with E-state index in [2.05, 4.69) is 21.9 Å². The standard InChI is InChI=1S/C38H41N5O9/c1-7-20-16(3)24-12-26-18(5)22(9-10-32(45)46)35(42-26)23(11-31(44)41-30(37(49)50)15-33(47)48)36-34(38(51)52)19(6)27(43-36)14-29-21(8-2)17(4)25(40-29)13-28(20)39-24/h7,12-14,18,22,30,39-40H,1,8-11,15H2,2-6H3,(H,41,44)(H,45,46)(H,47,48)(H,49,50)(H,51,52)/t18-,22-,30?/m0/s1. The number of carboxylic acids is 4. The summed E-state index contributed by atoms with van der Waals surface area (Å²) in [7, 11) is 0. The van der Waals surface area contributed by atoms with Crippen molar-refractivity contribution in [1.82, 2.24) is 25.3 Å². The molecule has 0 aliphatic carbocycles. The fraction of sp³-hybridized carbons (Fsp3) is 0.342. The van der Waals surface area contributed by atoms with Crippen LogP contribution in [0.3, 0.4) is 0 Å². The maximum Gasteiger partial charge on any atom is 0.338 e. The van der Waals surface area contributed by atoms with Crippen molar-refractivity contribution in [2.45, 2.75) is 84.6 Å². The first-order chi connectivity index (χ1) is 24.6. The molecule has 14 heteroatoms. The predicted octanol–water partition coefficient (Wildman–Crippen LogP) is 5.49. The number of nitrogens with one attached hydrogen (secondary N) is 3. The maximum absolute atomic E-state index is 13.6. The zero-order valence-electron chi connectivity index (χ0n) is 29.5. The monoisotopic (exact) mass is 711 g/mol. The molecule has 1 unspecified atom stereocenters. The molecule has 0 spiro atoms. The van der Waals surface area contributed by atoms with Crippen molar-refractivity contribution in [3.8, 4) is 0 Å². The Morgan fingerprint density at radius 2 is 1.58 bits per heavy atom. The molecule has 272 valence electrons. The molecule has 52 heavy (non-hydrogen) atoms. The number of rotatable bonds is 12. The first-order valence-corrected chi connectivity index (χ1v) is 16.8. The minimum atomic E-state index is -1.77. The van der Waals surface area contributed by atoms with Crippen LogP contribution in [0.15, 0.2) is 24.8 Å². The number of carbonyl (C=O) groups is 5. The topological polar surface area (TPSA) is 236 Å². The molecule has 0 saturated carbocycles. The van der Waals surface area contributed by atoms with Crippen LogP contribution in [-0.2, 0) is 36.8 Å².